The molecule has 5 N–H and O–H groups in total. The maximum Gasteiger partial charge on any atom is 0.231 e. The van der Waals surface area contributed by atoms with Gasteiger partial charge >= 0.3 is 0 Å². The molecule has 1 aromatic heterocycles. The Morgan fingerprint density at radius 1 is 1.56 bits per heavy atom. The summed E-state index contributed by atoms with van der Waals surface area (Å²) in [5.74, 6) is 6.15. The van der Waals surface area contributed by atoms with E-state index in [0.717, 1.165) is 12.1 Å². The summed E-state index contributed by atoms with van der Waals surface area (Å²) in [5.41, 5.74) is 8.76. The van der Waals surface area contributed by atoms with Crippen LogP contribution in [0.4, 0.5) is 5.82 Å². The molecule has 0 saturated heterocycles. The zero-order valence-corrected chi connectivity index (χ0v) is 10.9. The van der Waals surface area contributed by atoms with Gasteiger partial charge in [0.25, 0.3) is 0 Å². The van der Waals surface area contributed by atoms with Crippen molar-refractivity contribution in [3.05, 3.63) is 23.9 Å². The van der Waals surface area contributed by atoms with Gasteiger partial charge in [-0.25, -0.2) is 10.8 Å². The molecule has 0 atom stereocenters. The van der Waals surface area contributed by atoms with Gasteiger partial charge < -0.3 is 11.2 Å². The number of nitrogens with two attached hydrogens (primary N) is 2. The number of primary amides is 1. The fourth-order valence-electron chi connectivity index (χ4n) is 1.86. The molecule has 6 heteroatoms. The summed E-state index contributed by atoms with van der Waals surface area (Å²) in [6.07, 6.45) is 1.67. The van der Waals surface area contributed by atoms with Crippen molar-refractivity contribution in [1.29, 1.82) is 0 Å². The molecular formula is C12H21N5O. The molecule has 100 valence electrons. The highest BCUT2D eigenvalue weighted by molar-refractivity contribution is 5.75. The van der Waals surface area contributed by atoms with Crippen LogP contribution in [0.1, 0.15) is 19.4 Å². The van der Waals surface area contributed by atoms with Crippen molar-refractivity contribution in [2.24, 2.45) is 17.5 Å². The number of nitrogens with one attached hydrogen (secondary N) is 1. The summed E-state index contributed by atoms with van der Waals surface area (Å²) in [6, 6.07) is 3.77. The van der Waals surface area contributed by atoms with Crippen LogP contribution in [-0.2, 0) is 11.3 Å². The number of rotatable bonds is 7. The van der Waals surface area contributed by atoms with Crippen LogP contribution in [0, 0.1) is 5.92 Å². The van der Waals surface area contributed by atoms with Crippen LogP contribution in [0.3, 0.4) is 0 Å². The molecule has 1 rings (SSSR count). The molecule has 0 spiro atoms. The van der Waals surface area contributed by atoms with E-state index in [1.807, 2.05) is 17.0 Å². The molecule has 0 radical (unpaired) electrons. The van der Waals surface area contributed by atoms with Crippen molar-refractivity contribution in [2.45, 2.75) is 20.4 Å². The van der Waals surface area contributed by atoms with E-state index in [-0.39, 0.29) is 12.5 Å². The molecule has 0 aliphatic heterocycles. The van der Waals surface area contributed by atoms with Crippen molar-refractivity contribution in [2.75, 3.05) is 18.5 Å². The number of amides is 1. The van der Waals surface area contributed by atoms with Gasteiger partial charge in [0.2, 0.25) is 5.91 Å². The fraction of sp³-hybridized carbons (Fsp3) is 0.500. The zero-order valence-electron chi connectivity index (χ0n) is 10.9. The van der Waals surface area contributed by atoms with E-state index in [9.17, 15) is 4.79 Å². The number of hydrogen-bond donors (Lipinski definition) is 3. The molecular weight excluding hydrogens is 230 g/mol. The highest BCUT2D eigenvalue weighted by Crippen LogP contribution is 2.13. The Hall–Kier alpha value is -1.66. The monoisotopic (exact) mass is 251 g/mol. The van der Waals surface area contributed by atoms with E-state index in [1.54, 1.807) is 6.20 Å². The third-order valence-corrected chi connectivity index (χ3v) is 2.42. The summed E-state index contributed by atoms with van der Waals surface area (Å²) >= 11 is 0. The molecule has 0 aromatic carbocycles. The van der Waals surface area contributed by atoms with Crippen LogP contribution in [-0.4, -0.2) is 28.9 Å². The third-order valence-electron chi connectivity index (χ3n) is 2.42. The van der Waals surface area contributed by atoms with Crippen LogP contribution < -0.4 is 17.0 Å². The number of hydrazine groups is 1. The van der Waals surface area contributed by atoms with E-state index < -0.39 is 0 Å². The van der Waals surface area contributed by atoms with Gasteiger partial charge in [0, 0.05) is 24.8 Å². The second-order valence-corrected chi connectivity index (χ2v) is 4.69. The summed E-state index contributed by atoms with van der Waals surface area (Å²) in [6.45, 7) is 5.81. The van der Waals surface area contributed by atoms with Crippen molar-refractivity contribution in [3.8, 4) is 0 Å². The maximum absolute atomic E-state index is 11.1. The predicted molar refractivity (Wildman–Crippen MR) is 71.4 cm³/mol. The SMILES string of the molecule is CC(C)CN(CC(N)=O)Cc1cccnc1NN. The van der Waals surface area contributed by atoms with Crippen LogP contribution in [0.2, 0.25) is 0 Å². The topological polar surface area (TPSA) is 97.3 Å². The van der Waals surface area contributed by atoms with Gasteiger partial charge in [-0.05, 0) is 12.0 Å². The number of aromatic nitrogens is 1. The molecule has 1 heterocycles. The lowest BCUT2D eigenvalue weighted by Gasteiger charge is -2.23. The van der Waals surface area contributed by atoms with Gasteiger partial charge in [-0.2, -0.15) is 0 Å². The lowest BCUT2D eigenvalue weighted by atomic mass is 10.1. The first-order chi connectivity index (χ1) is 8.52. The molecule has 18 heavy (non-hydrogen) atoms. The fourth-order valence-corrected chi connectivity index (χ4v) is 1.86. The van der Waals surface area contributed by atoms with Crippen molar-refractivity contribution in [1.82, 2.24) is 9.88 Å². The van der Waals surface area contributed by atoms with Gasteiger partial charge in [0.15, 0.2) is 0 Å². The summed E-state index contributed by atoms with van der Waals surface area (Å²) in [5, 5.41) is 0. The van der Waals surface area contributed by atoms with E-state index in [4.69, 9.17) is 11.6 Å². The van der Waals surface area contributed by atoms with Crippen molar-refractivity contribution < 1.29 is 4.79 Å². The number of carbonyl (C=O) groups is 1. The first kappa shape index (κ1) is 14.4. The minimum atomic E-state index is -0.332. The molecule has 0 unspecified atom stereocenters. The second-order valence-electron chi connectivity index (χ2n) is 4.69. The van der Waals surface area contributed by atoms with Gasteiger partial charge in [-0.15, -0.1) is 0 Å². The Kier molecular flexibility index (Phi) is 5.54. The van der Waals surface area contributed by atoms with Crippen LogP contribution in [0.15, 0.2) is 18.3 Å². The number of nitrogen functional groups attached to an aromatic ring is 1. The molecule has 0 bridgehead atoms. The summed E-state index contributed by atoms with van der Waals surface area (Å²) in [4.78, 5) is 17.2. The average Bonchev–Trinajstić information content (AvgIpc) is 2.27. The van der Waals surface area contributed by atoms with Gasteiger partial charge in [-0.1, -0.05) is 19.9 Å². The number of pyridine rings is 1. The Morgan fingerprint density at radius 2 is 2.28 bits per heavy atom. The maximum atomic E-state index is 11.1. The summed E-state index contributed by atoms with van der Waals surface area (Å²) < 4.78 is 0. The van der Waals surface area contributed by atoms with E-state index in [0.29, 0.717) is 18.3 Å². The van der Waals surface area contributed by atoms with Crippen molar-refractivity contribution >= 4 is 11.7 Å². The molecule has 0 aliphatic rings. The van der Waals surface area contributed by atoms with Gasteiger partial charge in [0.1, 0.15) is 5.82 Å². The van der Waals surface area contributed by atoms with Crippen LogP contribution >= 0.6 is 0 Å². The normalized spacial score (nSPS) is 10.9. The average molecular weight is 251 g/mol. The number of nitrogens with zero attached hydrogens (tertiary/aromatic N) is 2. The highest BCUT2D eigenvalue weighted by atomic mass is 16.1. The van der Waals surface area contributed by atoms with E-state index in [2.05, 4.69) is 24.3 Å². The highest BCUT2D eigenvalue weighted by Gasteiger charge is 2.13. The Balaban J connectivity index is 2.77. The smallest absolute Gasteiger partial charge is 0.231 e. The van der Waals surface area contributed by atoms with Crippen LogP contribution in [0.25, 0.3) is 0 Å². The quantitative estimate of drug-likeness (QED) is 0.478. The third kappa shape index (κ3) is 4.68. The molecule has 0 saturated carbocycles. The van der Waals surface area contributed by atoms with Crippen LogP contribution in [0.5, 0.6) is 0 Å². The van der Waals surface area contributed by atoms with Gasteiger partial charge in [0.05, 0.1) is 6.54 Å². The molecule has 0 aliphatic carbocycles. The molecule has 0 fully saturated rings. The Bertz CT molecular complexity index is 394. The van der Waals surface area contributed by atoms with E-state index >= 15 is 0 Å². The first-order valence-corrected chi connectivity index (χ1v) is 5.94. The molecule has 1 aromatic rings. The number of anilines is 1. The van der Waals surface area contributed by atoms with E-state index in [1.165, 1.54) is 0 Å². The van der Waals surface area contributed by atoms with Gasteiger partial charge in [-0.3, -0.25) is 9.69 Å². The standard InChI is InChI=1S/C12H21N5O/c1-9(2)6-17(8-11(13)18)7-10-4-3-5-15-12(10)16-14/h3-5,9H,6-8,14H2,1-2H3,(H2,13,18)(H,15,16). The Labute approximate surface area is 107 Å². The lowest BCUT2D eigenvalue weighted by Crippen LogP contribution is -2.36. The largest absolute Gasteiger partial charge is 0.369 e. The minimum absolute atomic E-state index is 0.233. The number of hydrogen-bond acceptors (Lipinski definition) is 5. The minimum Gasteiger partial charge on any atom is -0.369 e. The summed E-state index contributed by atoms with van der Waals surface area (Å²) in [7, 11) is 0. The molecule has 1 amide bonds. The Morgan fingerprint density at radius 3 is 2.83 bits per heavy atom. The second kappa shape index (κ2) is 6.93. The predicted octanol–water partition coefficient (Wildman–Crippen LogP) is 0.311. The zero-order chi connectivity index (χ0) is 13.5. The first-order valence-electron chi connectivity index (χ1n) is 5.94. The lowest BCUT2D eigenvalue weighted by molar-refractivity contribution is -0.119. The number of carbonyl (C=O) groups excluding carboxylic acids is 1. The molecule has 6 nitrogen and oxygen atoms in total. The van der Waals surface area contributed by atoms with Crippen molar-refractivity contribution in [3.63, 3.8) is 0 Å².